The third-order valence-corrected chi connectivity index (χ3v) is 4.15. The second kappa shape index (κ2) is 9.39. The molecule has 2 amide bonds. The molecule has 1 atom stereocenters. The zero-order chi connectivity index (χ0) is 17.4. The van der Waals surface area contributed by atoms with E-state index in [0.29, 0.717) is 30.9 Å². The zero-order valence-corrected chi connectivity index (χ0v) is 14.5. The lowest BCUT2D eigenvalue weighted by molar-refractivity contribution is -0.115. The molecule has 0 saturated carbocycles. The molecule has 1 heterocycles. The fourth-order valence-electron chi connectivity index (χ4n) is 2.75. The Kier molecular flexibility index (Phi) is 7.21. The number of benzene rings is 1. The maximum absolute atomic E-state index is 12.2. The van der Waals surface area contributed by atoms with Gasteiger partial charge in [0.1, 0.15) is 0 Å². The van der Waals surface area contributed by atoms with Crippen molar-refractivity contribution in [1.29, 1.82) is 0 Å². The molecule has 24 heavy (non-hydrogen) atoms. The number of carbonyl (C=O) groups excluding carboxylic acids is 2. The first kappa shape index (κ1) is 18.4. The van der Waals surface area contributed by atoms with Gasteiger partial charge in [-0.3, -0.25) is 9.59 Å². The first-order valence-electron chi connectivity index (χ1n) is 8.65. The van der Waals surface area contributed by atoms with E-state index in [1.165, 1.54) is 0 Å². The molecule has 132 valence electrons. The minimum absolute atomic E-state index is 0.0103. The van der Waals surface area contributed by atoms with Crippen molar-refractivity contribution in [2.45, 2.75) is 32.8 Å². The van der Waals surface area contributed by atoms with Gasteiger partial charge in [-0.1, -0.05) is 0 Å². The van der Waals surface area contributed by atoms with Crippen molar-refractivity contribution in [3.8, 4) is 0 Å². The fraction of sp³-hybridized carbons (Fsp3) is 0.556. The number of anilines is 1. The summed E-state index contributed by atoms with van der Waals surface area (Å²) in [5, 5.41) is 5.93. The van der Waals surface area contributed by atoms with Crippen molar-refractivity contribution < 1.29 is 14.3 Å². The number of carbonyl (C=O) groups is 2. The number of hydrogen-bond acceptors (Lipinski definition) is 4. The first-order chi connectivity index (χ1) is 11.6. The highest BCUT2D eigenvalue weighted by Crippen LogP contribution is 2.12. The largest absolute Gasteiger partial charge is 0.377 e. The normalized spacial score (nSPS) is 16.8. The highest BCUT2D eigenvalue weighted by molar-refractivity contribution is 5.96. The molecule has 0 bridgehead atoms. The molecule has 0 aromatic heterocycles. The second-order valence-corrected chi connectivity index (χ2v) is 5.87. The van der Waals surface area contributed by atoms with Gasteiger partial charge < -0.3 is 20.3 Å². The van der Waals surface area contributed by atoms with Crippen molar-refractivity contribution in [3.05, 3.63) is 29.8 Å². The summed E-state index contributed by atoms with van der Waals surface area (Å²) < 4.78 is 5.50. The van der Waals surface area contributed by atoms with Gasteiger partial charge in [0.05, 0.1) is 12.6 Å². The minimum Gasteiger partial charge on any atom is -0.377 e. The highest BCUT2D eigenvalue weighted by atomic mass is 16.5. The predicted molar refractivity (Wildman–Crippen MR) is 94.2 cm³/mol. The number of ether oxygens (including phenoxy) is 1. The Morgan fingerprint density at radius 1 is 1.21 bits per heavy atom. The summed E-state index contributed by atoms with van der Waals surface area (Å²) in [6, 6.07) is 7.01. The molecular formula is C18H27N3O3. The molecule has 1 aromatic rings. The first-order valence-corrected chi connectivity index (χ1v) is 8.65. The number of nitrogens with zero attached hydrogens (tertiary/aromatic N) is 1. The van der Waals surface area contributed by atoms with E-state index in [1.807, 2.05) is 13.8 Å². The Bertz CT molecular complexity index is 535. The average Bonchev–Trinajstić information content (AvgIpc) is 3.10. The van der Waals surface area contributed by atoms with Crippen LogP contribution in [0.3, 0.4) is 0 Å². The lowest BCUT2D eigenvalue weighted by Gasteiger charge is -2.18. The Labute approximate surface area is 143 Å². The van der Waals surface area contributed by atoms with Crippen molar-refractivity contribution in [2.75, 3.05) is 38.1 Å². The minimum atomic E-state index is -0.101. The summed E-state index contributed by atoms with van der Waals surface area (Å²) in [4.78, 5) is 25.9. The summed E-state index contributed by atoms with van der Waals surface area (Å²) in [6.07, 6.45) is 2.37. The molecule has 1 saturated heterocycles. The van der Waals surface area contributed by atoms with E-state index in [2.05, 4.69) is 10.6 Å². The van der Waals surface area contributed by atoms with Crippen molar-refractivity contribution >= 4 is 17.5 Å². The fourth-order valence-corrected chi connectivity index (χ4v) is 2.75. The molecule has 6 heteroatoms. The molecule has 2 rings (SSSR count). The van der Waals surface area contributed by atoms with Crippen LogP contribution in [0.5, 0.6) is 0 Å². The van der Waals surface area contributed by atoms with Crippen LogP contribution >= 0.6 is 0 Å². The van der Waals surface area contributed by atoms with Crippen LogP contribution in [-0.4, -0.2) is 55.6 Å². The number of rotatable bonds is 8. The summed E-state index contributed by atoms with van der Waals surface area (Å²) in [7, 11) is 0. The van der Waals surface area contributed by atoms with Crippen LogP contribution in [0.2, 0.25) is 0 Å². The number of nitrogens with one attached hydrogen (secondary N) is 2. The average molecular weight is 333 g/mol. The van der Waals surface area contributed by atoms with Gasteiger partial charge in [0, 0.05) is 37.5 Å². The summed E-state index contributed by atoms with van der Waals surface area (Å²) in [6.45, 7) is 7.05. The van der Waals surface area contributed by atoms with Crippen LogP contribution in [0.25, 0.3) is 0 Å². The topological polar surface area (TPSA) is 70.7 Å². The van der Waals surface area contributed by atoms with Gasteiger partial charge in [0.2, 0.25) is 5.91 Å². The van der Waals surface area contributed by atoms with Gasteiger partial charge in [-0.15, -0.1) is 0 Å². The van der Waals surface area contributed by atoms with Crippen LogP contribution in [0.15, 0.2) is 24.3 Å². The monoisotopic (exact) mass is 333 g/mol. The lowest BCUT2D eigenvalue weighted by Crippen LogP contribution is -2.33. The number of hydrogen-bond donors (Lipinski definition) is 2. The lowest BCUT2D eigenvalue weighted by atomic mass is 10.1. The van der Waals surface area contributed by atoms with E-state index in [1.54, 1.807) is 29.2 Å². The van der Waals surface area contributed by atoms with Gasteiger partial charge in [-0.05, 0) is 51.0 Å². The molecular weight excluding hydrogens is 306 g/mol. The van der Waals surface area contributed by atoms with Gasteiger partial charge in [-0.25, -0.2) is 0 Å². The Morgan fingerprint density at radius 2 is 1.92 bits per heavy atom. The van der Waals surface area contributed by atoms with E-state index >= 15 is 0 Å². The molecule has 2 N–H and O–H groups in total. The van der Waals surface area contributed by atoms with Crippen molar-refractivity contribution in [1.82, 2.24) is 10.2 Å². The Balaban J connectivity index is 1.78. The highest BCUT2D eigenvalue weighted by Gasteiger charge is 2.15. The Morgan fingerprint density at radius 3 is 2.50 bits per heavy atom. The molecule has 1 fully saturated rings. The maximum Gasteiger partial charge on any atom is 0.253 e. The second-order valence-electron chi connectivity index (χ2n) is 5.87. The van der Waals surface area contributed by atoms with E-state index in [4.69, 9.17) is 4.74 Å². The quantitative estimate of drug-likeness (QED) is 0.762. The van der Waals surface area contributed by atoms with E-state index in [9.17, 15) is 9.59 Å². The van der Waals surface area contributed by atoms with Gasteiger partial charge in [-0.2, -0.15) is 0 Å². The predicted octanol–water partition coefficient (Wildman–Crippen LogP) is 1.88. The molecule has 0 spiro atoms. The van der Waals surface area contributed by atoms with Crippen molar-refractivity contribution in [2.24, 2.45) is 0 Å². The molecule has 1 unspecified atom stereocenters. The Hall–Kier alpha value is -1.92. The maximum atomic E-state index is 12.2. The van der Waals surface area contributed by atoms with Crippen LogP contribution in [0.1, 0.15) is 37.0 Å². The van der Waals surface area contributed by atoms with Gasteiger partial charge >= 0.3 is 0 Å². The number of amides is 2. The SMILES string of the molecule is CCN(CC)C(=O)c1ccc(NC(=O)CNCC2CCCO2)cc1. The third kappa shape index (κ3) is 5.32. The van der Waals surface area contributed by atoms with Crippen LogP contribution < -0.4 is 10.6 Å². The third-order valence-electron chi connectivity index (χ3n) is 4.15. The van der Waals surface area contributed by atoms with Gasteiger partial charge in [0.15, 0.2) is 0 Å². The van der Waals surface area contributed by atoms with Crippen LogP contribution in [0.4, 0.5) is 5.69 Å². The van der Waals surface area contributed by atoms with E-state index in [0.717, 1.165) is 19.4 Å². The zero-order valence-electron chi connectivity index (χ0n) is 14.5. The molecule has 0 radical (unpaired) electrons. The van der Waals surface area contributed by atoms with Gasteiger partial charge in [0.25, 0.3) is 5.91 Å². The van der Waals surface area contributed by atoms with E-state index in [-0.39, 0.29) is 24.5 Å². The van der Waals surface area contributed by atoms with E-state index < -0.39 is 0 Å². The summed E-state index contributed by atoms with van der Waals surface area (Å²) >= 11 is 0. The smallest absolute Gasteiger partial charge is 0.253 e. The molecule has 1 aromatic carbocycles. The standard InChI is InChI=1S/C18H27N3O3/c1-3-21(4-2)18(23)14-7-9-15(10-8-14)20-17(22)13-19-12-16-6-5-11-24-16/h7-10,16,19H,3-6,11-13H2,1-2H3,(H,20,22). The molecule has 6 nitrogen and oxygen atoms in total. The summed E-state index contributed by atoms with van der Waals surface area (Å²) in [5.41, 5.74) is 1.32. The van der Waals surface area contributed by atoms with Crippen LogP contribution in [-0.2, 0) is 9.53 Å². The van der Waals surface area contributed by atoms with Crippen LogP contribution in [0, 0.1) is 0 Å². The van der Waals surface area contributed by atoms with Crippen molar-refractivity contribution in [3.63, 3.8) is 0 Å². The summed E-state index contributed by atoms with van der Waals surface area (Å²) in [5.74, 6) is -0.0908. The molecule has 0 aliphatic carbocycles. The molecule has 1 aliphatic heterocycles. The molecule has 1 aliphatic rings.